The van der Waals surface area contributed by atoms with E-state index in [-0.39, 0.29) is 23.4 Å². The minimum atomic E-state index is -0.585. The van der Waals surface area contributed by atoms with Crippen LogP contribution in [0.5, 0.6) is 0 Å². The quantitative estimate of drug-likeness (QED) is 0.107. The molecule has 4 atom stereocenters. The number of epoxide rings is 2. The first-order valence-corrected chi connectivity index (χ1v) is 13.7. The summed E-state index contributed by atoms with van der Waals surface area (Å²) >= 11 is 0. The van der Waals surface area contributed by atoms with Gasteiger partial charge in [0.25, 0.3) is 0 Å². The summed E-state index contributed by atoms with van der Waals surface area (Å²) in [5, 5.41) is 0. The summed E-state index contributed by atoms with van der Waals surface area (Å²) < 4.78 is 22.8. The molecule has 2 rings (SSSR count). The summed E-state index contributed by atoms with van der Waals surface area (Å²) in [6.45, 7) is 9.46. The Labute approximate surface area is 197 Å². The molecule has 0 saturated carbocycles. The number of hydrogen-bond donors (Lipinski definition) is 0. The molecule has 188 valence electrons. The smallest absolute Gasteiger partial charge is 0.431 e. The average Bonchev–Trinajstić information content (AvgIpc) is 3.66. The number of ether oxygens (including phenoxy) is 4. The molecule has 2 aliphatic rings. The third-order valence-electron chi connectivity index (χ3n) is 7.27. The SMILES string of the molecule is CCCCCCCC1(CCC)OC1COC(=O)OCC1OC1(CCC)CCCCCCC. The highest BCUT2D eigenvalue weighted by molar-refractivity contribution is 5.60. The molecule has 4 unspecified atom stereocenters. The fraction of sp³-hybridized carbons (Fsp3) is 0.963. The highest BCUT2D eigenvalue weighted by Gasteiger charge is 2.56. The van der Waals surface area contributed by atoms with E-state index in [9.17, 15) is 4.79 Å². The Bertz CT molecular complexity index is 480. The van der Waals surface area contributed by atoms with Crippen LogP contribution >= 0.6 is 0 Å². The fourth-order valence-corrected chi connectivity index (χ4v) is 5.23. The number of rotatable bonds is 20. The third kappa shape index (κ3) is 8.85. The Morgan fingerprint density at radius 2 is 1.00 bits per heavy atom. The van der Waals surface area contributed by atoms with Crippen molar-refractivity contribution in [2.75, 3.05) is 13.2 Å². The normalized spacial score (nSPS) is 28.5. The van der Waals surface area contributed by atoms with Crippen LogP contribution in [-0.4, -0.2) is 42.8 Å². The lowest BCUT2D eigenvalue weighted by Crippen LogP contribution is -2.23. The van der Waals surface area contributed by atoms with E-state index in [1.807, 2.05) is 0 Å². The van der Waals surface area contributed by atoms with Crippen molar-refractivity contribution in [2.24, 2.45) is 0 Å². The molecule has 2 heterocycles. The van der Waals surface area contributed by atoms with Gasteiger partial charge in [-0.2, -0.15) is 0 Å². The second-order valence-corrected chi connectivity index (χ2v) is 10.0. The molecule has 0 spiro atoms. The molecular formula is C27H50O5. The van der Waals surface area contributed by atoms with Gasteiger partial charge in [0.1, 0.15) is 25.4 Å². The maximum atomic E-state index is 12.2. The van der Waals surface area contributed by atoms with E-state index in [1.165, 1.54) is 64.2 Å². The number of unbranched alkanes of at least 4 members (excludes halogenated alkanes) is 8. The van der Waals surface area contributed by atoms with E-state index in [0.29, 0.717) is 13.2 Å². The lowest BCUT2D eigenvalue weighted by molar-refractivity contribution is 0.0460. The highest BCUT2D eigenvalue weighted by Crippen LogP contribution is 2.46. The van der Waals surface area contributed by atoms with Crippen LogP contribution in [0.3, 0.4) is 0 Å². The van der Waals surface area contributed by atoms with Gasteiger partial charge in [0, 0.05) is 0 Å². The molecular weight excluding hydrogens is 404 g/mol. The van der Waals surface area contributed by atoms with E-state index in [2.05, 4.69) is 27.7 Å². The lowest BCUT2D eigenvalue weighted by Gasteiger charge is -2.13. The first kappa shape index (κ1) is 27.4. The second-order valence-electron chi connectivity index (χ2n) is 10.0. The van der Waals surface area contributed by atoms with Gasteiger partial charge in [-0.1, -0.05) is 105 Å². The number of carbonyl (C=O) groups excluding carboxylic acids is 1. The molecule has 2 saturated heterocycles. The van der Waals surface area contributed by atoms with Gasteiger partial charge >= 0.3 is 6.16 Å². The van der Waals surface area contributed by atoms with Gasteiger partial charge in [0.15, 0.2) is 0 Å². The average molecular weight is 455 g/mol. The number of carbonyl (C=O) groups is 1. The zero-order chi connectivity index (χ0) is 23.3. The Morgan fingerprint density at radius 1 is 0.594 bits per heavy atom. The van der Waals surface area contributed by atoms with Crippen LogP contribution in [0.1, 0.15) is 130 Å². The largest absolute Gasteiger partial charge is 0.508 e. The Hall–Kier alpha value is -0.810. The molecule has 0 bridgehead atoms. The summed E-state index contributed by atoms with van der Waals surface area (Å²) in [5.74, 6) is 0. The summed E-state index contributed by atoms with van der Waals surface area (Å²) in [6, 6.07) is 0. The van der Waals surface area contributed by atoms with Crippen molar-refractivity contribution >= 4 is 6.16 Å². The standard InChI is InChI=1S/C27H50O5/c1-5-9-11-13-15-19-26(17-7-3)23(31-26)21-29-25(28)30-22-24-27(32-24,18-8-4)20-16-14-12-10-6-2/h23-24H,5-22H2,1-4H3. The van der Waals surface area contributed by atoms with Crippen molar-refractivity contribution in [2.45, 2.75) is 154 Å². The van der Waals surface area contributed by atoms with E-state index >= 15 is 0 Å². The van der Waals surface area contributed by atoms with Crippen LogP contribution in [0.2, 0.25) is 0 Å². The van der Waals surface area contributed by atoms with Gasteiger partial charge in [0.05, 0.1) is 11.2 Å². The van der Waals surface area contributed by atoms with Gasteiger partial charge in [0.2, 0.25) is 0 Å². The van der Waals surface area contributed by atoms with Crippen molar-refractivity contribution in [1.29, 1.82) is 0 Å². The van der Waals surface area contributed by atoms with Gasteiger partial charge in [-0.15, -0.1) is 0 Å². The minimum absolute atomic E-state index is 0.0284. The molecule has 0 aliphatic carbocycles. The zero-order valence-electron chi connectivity index (χ0n) is 21.4. The minimum Gasteiger partial charge on any atom is -0.431 e. The number of hydrogen-bond acceptors (Lipinski definition) is 5. The van der Waals surface area contributed by atoms with Crippen molar-refractivity contribution in [3.8, 4) is 0 Å². The molecule has 2 fully saturated rings. The molecule has 0 N–H and O–H groups in total. The fourth-order valence-electron chi connectivity index (χ4n) is 5.23. The maximum Gasteiger partial charge on any atom is 0.508 e. The van der Waals surface area contributed by atoms with E-state index in [1.54, 1.807) is 0 Å². The summed E-state index contributed by atoms with van der Waals surface area (Å²) in [6.07, 6.45) is 18.5. The van der Waals surface area contributed by atoms with E-state index < -0.39 is 6.16 Å². The molecule has 2 aliphatic heterocycles. The molecule has 0 aromatic heterocycles. The van der Waals surface area contributed by atoms with Crippen LogP contribution in [0.25, 0.3) is 0 Å². The molecule has 0 aromatic carbocycles. The Balaban J connectivity index is 1.62. The lowest BCUT2D eigenvalue weighted by atomic mass is 9.92. The van der Waals surface area contributed by atoms with Crippen molar-refractivity contribution in [3.63, 3.8) is 0 Å². The van der Waals surface area contributed by atoms with Crippen LogP contribution < -0.4 is 0 Å². The maximum absolute atomic E-state index is 12.2. The monoisotopic (exact) mass is 454 g/mol. The zero-order valence-corrected chi connectivity index (χ0v) is 21.4. The van der Waals surface area contributed by atoms with Gasteiger partial charge < -0.3 is 18.9 Å². The Kier molecular flexibility index (Phi) is 12.4. The van der Waals surface area contributed by atoms with Crippen LogP contribution in [0.15, 0.2) is 0 Å². The van der Waals surface area contributed by atoms with Crippen molar-refractivity contribution in [1.82, 2.24) is 0 Å². The summed E-state index contributed by atoms with van der Waals surface area (Å²) in [7, 11) is 0. The topological polar surface area (TPSA) is 60.6 Å². The molecule has 5 nitrogen and oxygen atoms in total. The van der Waals surface area contributed by atoms with Crippen LogP contribution in [0.4, 0.5) is 4.79 Å². The first-order valence-electron chi connectivity index (χ1n) is 13.7. The molecule has 5 heteroatoms. The molecule has 32 heavy (non-hydrogen) atoms. The summed E-state index contributed by atoms with van der Waals surface area (Å²) in [5.41, 5.74) is -0.149. The van der Waals surface area contributed by atoms with Gasteiger partial charge in [-0.05, 0) is 25.7 Å². The molecule has 0 radical (unpaired) electrons. The third-order valence-corrected chi connectivity index (χ3v) is 7.27. The second kappa shape index (κ2) is 14.5. The van der Waals surface area contributed by atoms with E-state index in [4.69, 9.17) is 18.9 Å². The van der Waals surface area contributed by atoms with Gasteiger partial charge in [-0.3, -0.25) is 0 Å². The predicted molar refractivity (Wildman–Crippen MR) is 129 cm³/mol. The summed E-state index contributed by atoms with van der Waals surface area (Å²) in [4.78, 5) is 12.2. The Morgan fingerprint density at radius 3 is 1.38 bits per heavy atom. The van der Waals surface area contributed by atoms with Crippen molar-refractivity contribution < 1.29 is 23.7 Å². The van der Waals surface area contributed by atoms with E-state index in [0.717, 1.165) is 38.5 Å². The molecule has 0 aromatic rings. The molecule has 0 amide bonds. The van der Waals surface area contributed by atoms with Crippen LogP contribution in [-0.2, 0) is 18.9 Å². The predicted octanol–water partition coefficient (Wildman–Crippen LogP) is 7.74. The van der Waals surface area contributed by atoms with Gasteiger partial charge in [-0.25, -0.2) is 4.79 Å². The van der Waals surface area contributed by atoms with Crippen LogP contribution in [0, 0.1) is 0 Å². The van der Waals surface area contributed by atoms with Crippen molar-refractivity contribution in [3.05, 3.63) is 0 Å². The first-order chi connectivity index (χ1) is 15.6. The highest BCUT2D eigenvalue weighted by atomic mass is 16.7.